The Bertz CT molecular complexity index is 826. The van der Waals surface area contributed by atoms with Gasteiger partial charge in [0, 0.05) is 24.2 Å². The van der Waals surface area contributed by atoms with Crippen molar-refractivity contribution < 1.29 is 13.9 Å². The lowest BCUT2D eigenvalue weighted by Crippen LogP contribution is -2.32. The Labute approximate surface area is 139 Å². The van der Waals surface area contributed by atoms with Crippen molar-refractivity contribution in [2.24, 2.45) is 0 Å². The van der Waals surface area contributed by atoms with Crippen LogP contribution in [0.5, 0.6) is 0 Å². The number of halogens is 1. The molecule has 1 aromatic heterocycles. The van der Waals surface area contributed by atoms with Crippen molar-refractivity contribution in [3.8, 4) is 0 Å². The van der Waals surface area contributed by atoms with Crippen LogP contribution in [0.1, 0.15) is 46.9 Å². The van der Waals surface area contributed by atoms with Gasteiger partial charge in [0.2, 0.25) is 0 Å². The molecule has 1 aromatic carbocycles. The smallest absolute Gasteiger partial charge is 0.339 e. The van der Waals surface area contributed by atoms with E-state index in [0.717, 1.165) is 18.5 Å². The van der Waals surface area contributed by atoms with E-state index in [1.54, 1.807) is 35.8 Å². The minimum Gasteiger partial charge on any atom is -0.462 e. The number of pyridine rings is 1. The first-order valence-corrected chi connectivity index (χ1v) is 8.28. The van der Waals surface area contributed by atoms with E-state index < -0.39 is 5.97 Å². The summed E-state index contributed by atoms with van der Waals surface area (Å²) < 4.78 is 20.7. The molecule has 0 radical (unpaired) electrons. The van der Waals surface area contributed by atoms with Crippen LogP contribution in [0.3, 0.4) is 0 Å². The van der Waals surface area contributed by atoms with Crippen molar-refractivity contribution in [3.05, 3.63) is 68.9 Å². The second-order valence-electron chi connectivity index (χ2n) is 5.93. The van der Waals surface area contributed by atoms with Gasteiger partial charge >= 0.3 is 5.97 Å². The minimum atomic E-state index is -0.419. The van der Waals surface area contributed by atoms with Gasteiger partial charge in [-0.25, -0.2) is 9.18 Å². The lowest BCUT2D eigenvalue weighted by atomic mass is 9.98. The third-order valence-corrected chi connectivity index (χ3v) is 4.35. The average molecular weight is 329 g/mol. The average Bonchev–Trinajstić information content (AvgIpc) is 2.59. The maximum Gasteiger partial charge on any atom is 0.339 e. The molecular formula is C19H20FNO3. The van der Waals surface area contributed by atoms with Gasteiger partial charge in [-0.15, -0.1) is 0 Å². The van der Waals surface area contributed by atoms with Crippen molar-refractivity contribution in [2.45, 2.75) is 39.2 Å². The van der Waals surface area contributed by atoms with E-state index >= 15 is 0 Å². The molecule has 0 aliphatic carbocycles. The van der Waals surface area contributed by atoms with E-state index in [4.69, 9.17) is 4.74 Å². The Hall–Kier alpha value is -2.43. The molecule has 0 unspecified atom stereocenters. The fourth-order valence-corrected chi connectivity index (χ4v) is 3.19. The van der Waals surface area contributed by atoms with Crippen LogP contribution in [-0.2, 0) is 24.1 Å². The molecule has 24 heavy (non-hydrogen) atoms. The summed E-state index contributed by atoms with van der Waals surface area (Å²) in [5, 5.41) is 0. The molecule has 0 atom stereocenters. The van der Waals surface area contributed by atoms with Gasteiger partial charge in [-0.2, -0.15) is 0 Å². The number of carbonyl (C=O) groups excluding carboxylic acids is 1. The Balaban J connectivity index is 2.09. The highest BCUT2D eigenvalue weighted by atomic mass is 19.1. The number of hydrogen-bond donors (Lipinski definition) is 0. The topological polar surface area (TPSA) is 48.3 Å². The van der Waals surface area contributed by atoms with Crippen molar-refractivity contribution in [2.75, 3.05) is 6.61 Å². The third kappa shape index (κ3) is 3.11. The van der Waals surface area contributed by atoms with Gasteiger partial charge in [0.15, 0.2) is 0 Å². The first-order chi connectivity index (χ1) is 11.6. The van der Waals surface area contributed by atoms with Crippen molar-refractivity contribution in [3.63, 3.8) is 0 Å². The monoisotopic (exact) mass is 329 g/mol. The molecule has 0 N–H and O–H groups in total. The van der Waals surface area contributed by atoms with E-state index in [1.165, 1.54) is 6.07 Å². The van der Waals surface area contributed by atoms with Crippen LogP contribution in [-0.4, -0.2) is 17.1 Å². The number of fused-ring (bicyclic) bond motifs is 1. The SMILES string of the molecule is CCOC(=O)c1cc(Cc2ccccc2F)c(=O)n2c1CCCC2. The second-order valence-corrected chi connectivity index (χ2v) is 5.93. The van der Waals surface area contributed by atoms with Gasteiger partial charge in [0.1, 0.15) is 5.82 Å². The minimum absolute atomic E-state index is 0.138. The number of benzene rings is 1. The number of carbonyl (C=O) groups is 1. The zero-order valence-corrected chi connectivity index (χ0v) is 13.7. The standard InChI is InChI=1S/C19H20FNO3/c1-2-24-19(23)15-12-14(11-13-7-3-4-8-16(13)20)18(22)21-10-6-5-9-17(15)21/h3-4,7-8,12H,2,5-6,9-11H2,1H3. The van der Waals surface area contributed by atoms with Crippen LogP contribution in [0.25, 0.3) is 0 Å². The molecule has 2 aromatic rings. The first kappa shape index (κ1) is 16.4. The highest BCUT2D eigenvalue weighted by Crippen LogP contribution is 2.20. The Morgan fingerprint density at radius 2 is 2.04 bits per heavy atom. The van der Waals surface area contributed by atoms with Crippen LogP contribution < -0.4 is 5.56 Å². The lowest BCUT2D eigenvalue weighted by Gasteiger charge is -2.22. The second kappa shape index (κ2) is 6.99. The van der Waals surface area contributed by atoms with E-state index in [2.05, 4.69) is 0 Å². The number of esters is 1. The summed E-state index contributed by atoms with van der Waals surface area (Å²) in [6.45, 7) is 2.62. The predicted molar refractivity (Wildman–Crippen MR) is 88.8 cm³/mol. The first-order valence-electron chi connectivity index (χ1n) is 8.28. The maximum absolute atomic E-state index is 13.9. The van der Waals surface area contributed by atoms with E-state index in [1.807, 2.05) is 0 Å². The normalized spacial score (nSPS) is 13.4. The summed E-state index contributed by atoms with van der Waals surface area (Å²) >= 11 is 0. The Morgan fingerprint density at radius 1 is 1.25 bits per heavy atom. The van der Waals surface area contributed by atoms with E-state index in [0.29, 0.717) is 29.7 Å². The maximum atomic E-state index is 13.9. The number of rotatable bonds is 4. The quantitative estimate of drug-likeness (QED) is 0.810. The summed E-state index contributed by atoms with van der Waals surface area (Å²) in [6.07, 6.45) is 2.69. The van der Waals surface area contributed by atoms with E-state index in [9.17, 15) is 14.0 Å². The summed E-state index contributed by atoms with van der Waals surface area (Å²) in [4.78, 5) is 25.0. The third-order valence-electron chi connectivity index (χ3n) is 4.35. The molecule has 4 nitrogen and oxygen atoms in total. The van der Waals surface area contributed by atoms with Gasteiger partial charge in [-0.3, -0.25) is 4.79 Å². The van der Waals surface area contributed by atoms with Crippen molar-refractivity contribution >= 4 is 5.97 Å². The number of ether oxygens (including phenoxy) is 1. The Morgan fingerprint density at radius 3 is 2.79 bits per heavy atom. The molecule has 0 amide bonds. The number of nitrogens with zero attached hydrogens (tertiary/aromatic N) is 1. The van der Waals surface area contributed by atoms with Gasteiger partial charge < -0.3 is 9.30 Å². The molecule has 0 saturated heterocycles. The molecule has 3 rings (SSSR count). The molecule has 2 heterocycles. The van der Waals surface area contributed by atoms with Crippen molar-refractivity contribution in [1.29, 1.82) is 0 Å². The fraction of sp³-hybridized carbons (Fsp3) is 0.368. The lowest BCUT2D eigenvalue weighted by molar-refractivity contribution is 0.0523. The predicted octanol–water partition coefficient (Wildman–Crippen LogP) is 3.09. The zero-order valence-electron chi connectivity index (χ0n) is 13.7. The fourth-order valence-electron chi connectivity index (χ4n) is 3.19. The molecule has 0 bridgehead atoms. The molecule has 1 aliphatic heterocycles. The molecule has 0 saturated carbocycles. The van der Waals surface area contributed by atoms with Crippen LogP contribution in [0.4, 0.5) is 4.39 Å². The molecular weight excluding hydrogens is 309 g/mol. The van der Waals surface area contributed by atoms with Gasteiger partial charge in [0.05, 0.1) is 12.2 Å². The van der Waals surface area contributed by atoms with Crippen LogP contribution in [0.15, 0.2) is 35.1 Å². The van der Waals surface area contributed by atoms with Gasteiger partial charge in [-0.1, -0.05) is 18.2 Å². The molecule has 0 spiro atoms. The largest absolute Gasteiger partial charge is 0.462 e. The van der Waals surface area contributed by atoms with E-state index in [-0.39, 0.29) is 24.4 Å². The highest BCUT2D eigenvalue weighted by Gasteiger charge is 2.22. The summed E-state index contributed by atoms with van der Waals surface area (Å²) in [6, 6.07) is 7.97. The Kier molecular flexibility index (Phi) is 4.79. The summed E-state index contributed by atoms with van der Waals surface area (Å²) in [7, 11) is 0. The van der Waals surface area contributed by atoms with Crippen molar-refractivity contribution in [1.82, 2.24) is 4.57 Å². The van der Waals surface area contributed by atoms with Gasteiger partial charge in [-0.05, 0) is 43.9 Å². The highest BCUT2D eigenvalue weighted by molar-refractivity contribution is 5.91. The summed E-state index contributed by atoms with van der Waals surface area (Å²) in [5.41, 5.74) is 1.90. The number of aromatic nitrogens is 1. The molecule has 1 aliphatic rings. The molecule has 0 fully saturated rings. The van der Waals surface area contributed by atoms with Crippen LogP contribution in [0, 0.1) is 5.82 Å². The molecule has 126 valence electrons. The zero-order chi connectivity index (χ0) is 17.1. The number of hydrogen-bond acceptors (Lipinski definition) is 3. The summed E-state index contributed by atoms with van der Waals surface area (Å²) in [5.74, 6) is -0.768. The molecule has 5 heteroatoms. The van der Waals surface area contributed by atoms with Crippen LogP contribution >= 0.6 is 0 Å². The van der Waals surface area contributed by atoms with Crippen LogP contribution in [0.2, 0.25) is 0 Å². The van der Waals surface area contributed by atoms with Gasteiger partial charge in [0.25, 0.3) is 5.56 Å².